The SMILES string of the molecule is B/C(C)=C(/C=C\C)CN. The molecule has 0 fully saturated rings. The second-order valence-electron chi connectivity index (χ2n) is 2.23. The Morgan fingerprint density at radius 2 is 2.22 bits per heavy atom. The van der Waals surface area contributed by atoms with Crippen LogP contribution < -0.4 is 5.73 Å². The first kappa shape index (κ1) is 8.50. The van der Waals surface area contributed by atoms with Crippen molar-refractivity contribution in [3.63, 3.8) is 0 Å². The van der Waals surface area contributed by atoms with Crippen LogP contribution in [0.5, 0.6) is 0 Å². The summed E-state index contributed by atoms with van der Waals surface area (Å²) >= 11 is 0. The van der Waals surface area contributed by atoms with E-state index < -0.39 is 0 Å². The lowest BCUT2D eigenvalue weighted by atomic mass is 9.92. The number of allylic oxidation sites excluding steroid dienone is 2. The average Bonchev–Trinajstić information content (AvgIpc) is 1.82. The molecule has 0 atom stereocenters. The van der Waals surface area contributed by atoms with Crippen molar-refractivity contribution in [2.24, 2.45) is 5.73 Å². The fraction of sp³-hybridized carbons (Fsp3) is 0.429. The van der Waals surface area contributed by atoms with Crippen molar-refractivity contribution in [3.8, 4) is 0 Å². The molecule has 0 spiro atoms. The van der Waals surface area contributed by atoms with Gasteiger partial charge in [0.2, 0.25) is 0 Å². The highest BCUT2D eigenvalue weighted by atomic mass is 14.5. The number of hydrogen-bond donors (Lipinski definition) is 1. The number of nitrogens with two attached hydrogens (primary N) is 1. The van der Waals surface area contributed by atoms with Crippen LogP contribution in [0.4, 0.5) is 0 Å². The predicted molar refractivity (Wildman–Crippen MR) is 45.1 cm³/mol. The minimum atomic E-state index is 0.646. The van der Waals surface area contributed by atoms with Gasteiger partial charge in [0.15, 0.2) is 0 Å². The number of hydrogen-bond acceptors (Lipinski definition) is 1. The van der Waals surface area contributed by atoms with E-state index >= 15 is 0 Å². The molecule has 1 nitrogen and oxygen atoms in total. The zero-order chi connectivity index (χ0) is 7.28. The van der Waals surface area contributed by atoms with Crippen LogP contribution >= 0.6 is 0 Å². The molecule has 2 N–H and O–H groups in total. The maximum Gasteiger partial charge on any atom is 0.133 e. The molecule has 0 aromatic rings. The van der Waals surface area contributed by atoms with Crippen LogP contribution in [0.2, 0.25) is 0 Å². The van der Waals surface area contributed by atoms with Crippen molar-refractivity contribution in [2.45, 2.75) is 13.8 Å². The van der Waals surface area contributed by atoms with Gasteiger partial charge in [-0.15, -0.1) is 5.47 Å². The Morgan fingerprint density at radius 3 is 2.33 bits per heavy atom. The van der Waals surface area contributed by atoms with E-state index in [0.717, 1.165) is 0 Å². The van der Waals surface area contributed by atoms with Crippen molar-refractivity contribution in [1.29, 1.82) is 0 Å². The maximum atomic E-state index is 5.45. The van der Waals surface area contributed by atoms with E-state index in [1.165, 1.54) is 11.0 Å². The van der Waals surface area contributed by atoms with Crippen LogP contribution in [-0.4, -0.2) is 14.4 Å². The van der Waals surface area contributed by atoms with Crippen molar-refractivity contribution in [2.75, 3.05) is 6.54 Å². The largest absolute Gasteiger partial charge is 0.327 e. The highest BCUT2D eigenvalue weighted by Gasteiger charge is 1.87. The van der Waals surface area contributed by atoms with Gasteiger partial charge in [0.05, 0.1) is 0 Å². The highest BCUT2D eigenvalue weighted by Crippen LogP contribution is 1.98. The normalized spacial score (nSPS) is 14.1. The fourth-order valence-electron chi connectivity index (χ4n) is 0.640. The summed E-state index contributed by atoms with van der Waals surface area (Å²) in [5.41, 5.74) is 7.99. The van der Waals surface area contributed by atoms with Crippen LogP contribution in [0.3, 0.4) is 0 Å². The summed E-state index contributed by atoms with van der Waals surface area (Å²) in [5.74, 6) is 0. The molecule has 0 aromatic heterocycles. The van der Waals surface area contributed by atoms with Gasteiger partial charge >= 0.3 is 0 Å². The van der Waals surface area contributed by atoms with Gasteiger partial charge in [0, 0.05) is 6.54 Å². The molecule has 0 heterocycles. The molecule has 0 aromatic carbocycles. The molecule has 0 amide bonds. The monoisotopic (exact) mass is 123 g/mol. The van der Waals surface area contributed by atoms with E-state index in [2.05, 4.69) is 20.8 Å². The zero-order valence-electron chi connectivity index (χ0n) is 6.44. The molecule has 0 saturated carbocycles. The minimum Gasteiger partial charge on any atom is -0.327 e. The first-order valence-corrected chi connectivity index (χ1v) is 3.21. The standard InChI is InChI=1S/C7H14BN/c1-3-4-7(5-9)6(2)8/h3-4H,5,8-9H2,1-2H3/b4-3-,7-6-. The van der Waals surface area contributed by atoms with Gasteiger partial charge in [0.1, 0.15) is 7.85 Å². The Bertz CT molecular complexity index is 132. The third-order valence-electron chi connectivity index (χ3n) is 1.23. The smallest absolute Gasteiger partial charge is 0.133 e. The van der Waals surface area contributed by atoms with Gasteiger partial charge in [-0.3, -0.25) is 0 Å². The quantitative estimate of drug-likeness (QED) is 0.418. The molecular weight excluding hydrogens is 109 g/mol. The van der Waals surface area contributed by atoms with Crippen molar-refractivity contribution >= 4 is 7.85 Å². The number of rotatable bonds is 2. The predicted octanol–water partition coefficient (Wildman–Crippen LogP) is 0.428. The van der Waals surface area contributed by atoms with E-state index in [4.69, 9.17) is 5.73 Å². The highest BCUT2D eigenvalue weighted by molar-refractivity contribution is 6.21. The Kier molecular flexibility index (Phi) is 4.15. The molecule has 0 rings (SSSR count). The maximum absolute atomic E-state index is 5.45. The lowest BCUT2D eigenvalue weighted by Crippen LogP contribution is -2.03. The molecule has 9 heavy (non-hydrogen) atoms. The van der Waals surface area contributed by atoms with E-state index in [1.54, 1.807) is 0 Å². The minimum absolute atomic E-state index is 0.646. The molecule has 2 heteroatoms. The molecule has 0 unspecified atom stereocenters. The summed E-state index contributed by atoms with van der Waals surface area (Å²) in [6.07, 6.45) is 4.06. The first-order valence-electron chi connectivity index (χ1n) is 3.21. The van der Waals surface area contributed by atoms with Crippen molar-refractivity contribution < 1.29 is 0 Å². The summed E-state index contributed by atoms with van der Waals surface area (Å²) in [5, 5.41) is 0. The first-order chi connectivity index (χ1) is 4.22. The van der Waals surface area contributed by atoms with Crippen molar-refractivity contribution in [1.82, 2.24) is 0 Å². The second kappa shape index (κ2) is 4.39. The van der Waals surface area contributed by atoms with Crippen LogP contribution in [0.15, 0.2) is 23.2 Å². The third-order valence-corrected chi connectivity index (χ3v) is 1.23. The second-order valence-corrected chi connectivity index (χ2v) is 2.23. The van der Waals surface area contributed by atoms with E-state index in [9.17, 15) is 0 Å². The van der Waals surface area contributed by atoms with Crippen LogP contribution in [0.25, 0.3) is 0 Å². The lowest BCUT2D eigenvalue weighted by Gasteiger charge is -1.98. The van der Waals surface area contributed by atoms with Crippen molar-refractivity contribution in [3.05, 3.63) is 23.2 Å². The lowest BCUT2D eigenvalue weighted by molar-refractivity contribution is 1.17. The molecule has 0 aliphatic rings. The molecule has 0 aliphatic carbocycles. The van der Waals surface area contributed by atoms with Gasteiger partial charge in [-0.25, -0.2) is 0 Å². The summed E-state index contributed by atoms with van der Waals surface area (Å²) in [7, 11) is 2.07. The van der Waals surface area contributed by atoms with Gasteiger partial charge in [-0.05, 0) is 12.5 Å². The Labute approximate surface area is 58.0 Å². The summed E-state index contributed by atoms with van der Waals surface area (Å²) < 4.78 is 0. The van der Waals surface area contributed by atoms with Crippen LogP contribution in [-0.2, 0) is 0 Å². The summed E-state index contributed by atoms with van der Waals surface area (Å²) in [4.78, 5) is 0. The average molecular weight is 123 g/mol. The van der Waals surface area contributed by atoms with Gasteiger partial charge in [0.25, 0.3) is 0 Å². The fourth-order valence-corrected chi connectivity index (χ4v) is 0.640. The van der Waals surface area contributed by atoms with E-state index in [-0.39, 0.29) is 0 Å². The van der Waals surface area contributed by atoms with E-state index in [0.29, 0.717) is 6.54 Å². The van der Waals surface area contributed by atoms with Crippen LogP contribution in [0, 0.1) is 0 Å². The Morgan fingerprint density at radius 1 is 1.67 bits per heavy atom. The molecule has 0 saturated heterocycles. The molecule has 50 valence electrons. The third kappa shape index (κ3) is 3.14. The van der Waals surface area contributed by atoms with Gasteiger partial charge in [-0.2, -0.15) is 0 Å². The summed E-state index contributed by atoms with van der Waals surface area (Å²) in [6.45, 7) is 4.72. The van der Waals surface area contributed by atoms with Gasteiger partial charge in [-0.1, -0.05) is 19.1 Å². The van der Waals surface area contributed by atoms with Crippen LogP contribution in [0.1, 0.15) is 13.8 Å². The Balaban J connectivity index is 4.16. The summed E-state index contributed by atoms with van der Waals surface area (Å²) in [6, 6.07) is 0. The topological polar surface area (TPSA) is 26.0 Å². The molecule has 0 radical (unpaired) electrons. The zero-order valence-corrected chi connectivity index (χ0v) is 6.44. The molecule has 0 aliphatic heterocycles. The molecular formula is C7H14BN. The van der Waals surface area contributed by atoms with E-state index in [1.807, 2.05) is 13.0 Å². The van der Waals surface area contributed by atoms with Gasteiger partial charge < -0.3 is 5.73 Å². The molecule has 0 bridgehead atoms. The Hall–Kier alpha value is -0.495.